The molecule has 1 aromatic heterocycles. The van der Waals surface area contributed by atoms with Crippen LogP contribution < -0.4 is 5.73 Å². The van der Waals surface area contributed by atoms with Crippen LogP contribution in [0, 0.1) is 0 Å². The van der Waals surface area contributed by atoms with Gasteiger partial charge in [-0.3, -0.25) is 4.90 Å². The molecule has 1 aromatic rings. The van der Waals surface area contributed by atoms with Gasteiger partial charge >= 0.3 is 0 Å². The Labute approximate surface area is 116 Å². The summed E-state index contributed by atoms with van der Waals surface area (Å²) in [6.45, 7) is 15.2. The van der Waals surface area contributed by atoms with E-state index in [-0.39, 0.29) is 5.54 Å². The maximum absolute atomic E-state index is 6.22. The van der Waals surface area contributed by atoms with E-state index in [2.05, 4.69) is 42.6 Å². The molecule has 19 heavy (non-hydrogen) atoms. The summed E-state index contributed by atoms with van der Waals surface area (Å²) in [4.78, 5) is 4.95. The van der Waals surface area contributed by atoms with Gasteiger partial charge in [-0.05, 0) is 27.3 Å². The third kappa shape index (κ3) is 3.28. The van der Waals surface area contributed by atoms with Crippen molar-refractivity contribution in [3.8, 4) is 0 Å². The van der Waals surface area contributed by atoms with Crippen molar-refractivity contribution in [2.45, 2.75) is 39.8 Å². The van der Waals surface area contributed by atoms with Crippen LogP contribution in [0.25, 0.3) is 0 Å². The SMILES string of the molecule is CCN1CCN(Cc2cnn(C(C)(C)C)c2N)CC1. The van der Waals surface area contributed by atoms with E-state index in [1.54, 1.807) is 0 Å². The highest BCUT2D eigenvalue weighted by Crippen LogP contribution is 2.22. The van der Waals surface area contributed by atoms with Crippen molar-refractivity contribution in [1.82, 2.24) is 19.6 Å². The number of piperazine rings is 1. The Morgan fingerprint density at radius 1 is 1.16 bits per heavy atom. The molecule has 2 heterocycles. The Bertz CT molecular complexity index is 410. The van der Waals surface area contributed by atoms with E-state index in [1.165, 1.54) is 0 Å². The first kappa shape index (κ1) is 14.3. The number of rotatable bonds is 3. The van der Waals surface area contributed by atoms with Crippen LogP contribution in [0.3, 0.4) is 0 Å². The van der Waals surface area contributed by atoms with Crippen LogP contribution >= 0.6 is 0 Å². The Hall–Kier alpha value is -1.07. The zero-order chi connectivity index (χ0) is 14.0. The fourth-order valence-corrected chi connectivity index (χ4v) is 2.55. The summed E-state index contributed by atoms with van der Waals surface area (Å²) in [5.41, 5.74) is 7.32. The van der Waals surface area contributed by atoms with Crippen molar-refractivity contribution in [3.63, 3.8) is 0 Å². The van der Waals surface area contributed by atoms with Gasteiger partial charge in [0.25, 0.3) is 0 Å². The van der Waals surface area contributed by atoms with Crippen molar-refractivity contribution >= 4 is 5.82 Å². The van der Waals surface area contributed by atoms with Gasteiger partial charge in [0.2, 0.25) is 0 Å². The fraction of sp³-hybridized carbons (Fsp3) is 0.786. The highest BCUT2D eigenvalue weighted by molar-refractivity contribution is 5.39. The Morgan fingerprint density at radius 2 is 1.74 bits per heavy atom. The van der Waals surface area contributed by atoms with Gasteiger partial charge < -0.3 is 10.6 Å². The molecule has 5 nitrogen and oxygen atoms in total. The van der Waals surface area contributed by atoms with Crippen LogP contribution in [0.1, 0.15) is 33.3 Å². The standard InChI is InChI=1S/C14H27N5/c1-5-17-6-8-18(9-7-17)11-12-10-16-19(13(12)15)14(2,3)4/h10H,5-9,11,15H2,1-4H3. The summed E-state index contributed by atoms with van der Waals surface area (Å²) in [5, 5.41) is 4.44. The molecule has 0 radical (unpaired) electrons. The van der Waals surface area contributed by atoms with E-state index in [9.17, 15) is 0 Å². The van der Waals surface area contributed by atoms with E-state index >= 15 is 0 Å². The van der Waals surface area contributed by atoms with Crippen molar-refractivity contribution < 1.29 is 0 Å². The summed E-state index contributed by atoms with van der Waals surface area (Å²) in [6, 6.07) is 0. The van der Waals surface area contributed by atoms with E-state index in [0.717, 1.165) is 50.6 Å². The first-order chi connectivity index (χ1) is 8.91. The van der Waals surface area contributed by atoms with E-state index in [0.29, 0.717) is 0 Å². The van der Waals surface area contributed by atoms with Crippen molar-refractivity contribution in [2.24, 2.45) is 0 Å². The Morgan fingerprint density at radius 3 is 2.21 bits per heavy atom. The molecule has 5 heteroatoms. The first-order valence-electron chi connectivity index (χ1n) is 7.19. The van der Waals surface area contributed by atoms with Gasteiger partial charge in [0.15, 0.2) is 0 Å². The van der Waals surface area contributed by atoms with Crippen LogP contribution in [0.5, 0.6) is 0 Å². The second-order valence-electron chi connectivity index (χ2n) is 6.35. The summed E-state index contributed by atoms with van der Waals surface area (Å²) in [5.74, 6) is 0.811. The van der Waals surface area contributed by atoms with Gasteiger partial charge in [0.05, 0.1) is 11.7 Å². The normalized spacial score (nSPS) is 18.9. The number of nitrogens with two attached hydrogens (primary N) is 1. The second-order valence-corrected chi connectivity index (χ2v) is 6.35. The summed E-state index contributed by atoms with van der Waals surface area (Å²) < 4.78 is 1.92. The Kier molecular flexibility index (Phi) is 4.16. The predicted octanol–water partition coefficient (Wildman–Crippen LogP) is 1.36. The number of nitrogen functional groups attached to an aromatic ring is 1. The first-order valence-corrected chi connectivity index (χ1v) is 7.19. The predicted molar refractivity (Wildman–Crippen MR) is 79.0 cm³/mol. The number of anilines is 1. The highest BCUT2D eigenvalue weighted by Gasteiger charge is 2.21. The van der Waals surface area contributed by atoms with Gasteiger partial charge in [0, 0.05) is 38.3 Å². The van der Waals surface area contributed by atoms with E-state index in [4.69, 9.17) is 5.73 Å². The summed E-state index contributed by atoms with van der Waals surface area (Å²) in [7, 11) is 0. The topological polar surface area (TPSA) is 50.3 Å². The minimum Gasteiger partial charge on any atom is -0.384 e. The Balaban J connectivity index is 1.99. The molecule has 0 aromatic carbocycles. The van der Waals surface area contributed by atoms with Gasteiger partial charge in [-0.2, -0.15) is 5.10 Å². The number of aromatic nitrogens is 2. The van der Waals surface area contributed by atoms with Crippen molar-refractivity contribution in [2.75, 3.05) is 38.5 Å². The number of nitrogens with zero attached hydrogens (tertiary/aromatic N) is 4. The van der Waals surface area contributed by atoms with E-state index < -0.39 is 0 Å². The third-order valence-electron chi connectivity index (χ3n) is 3.83. The van der Waals surface area contributed by atoms with Crippen LogP contribution in [0.15, 0.2) is 6.20 Å². The quantitative estimate of drug-likeness (QED) is 0.896. The largest absolute Gasteiger partial charge is 0.384 e. The minimum atomic E-state index is -0.0523. The zero-order valence-electron chi connectivity index (χ0n) is 12.7. The molecule has 0 aliphatic carbocycles. The summed E-state index contributed by atoms with van der Waals surface area (Å²) >= 11 is 0. The summed E-state index contributed by atoms with van der Waals surface area (Å²) in [6.07, 6.45) is 1.92. The van der Waals surface area contributed by atoms with Gasteiger partial charge in [-0.1, -0.05) is 6.92 Å². The number of hydrogen-bond donors (Lipinski definition) is 1. The molecule has 1 aliphatic rings. The number of hydrogen-bond acceptors (Lipinski definition) is 4. The lowest BCUT2D eigenvalue weighted by molar-refractivity contribution is 0.132. The minimum absolute atomic E-state index is 0.0523. The third-order valence-corrected chi connectivity index (χ3v) is 3.83. The van der Waals surface area contributed by atoms with Crippen LogP contribution in [0.2, 0.25) is 0 Å². The zero-order valence-corrected chi connectivity index (χ0v) is 12.7. The van der Waals surface area contributed by atoms with Crippen molar-refractivity contribution in [1.29, 1.82) is 0 Å². The molecule has 1 saturated heterocycles. The van der Waals surface area contributed by atoms with Gasteiger partial charge in [0.1, 0.15) is 5.82 Å². The molecule has 0 unspecified atom stereocenters. The second kappa shape index (κ2) is 5.51. The molecule has 1 fully saturated rings. The highest BCUT2D eigenvalue weighted by atomic mass is 15.3. The maximum atomic E-state index is 6.22. The lowest BCUT2D eigenvalue weighted by Gasteiger charge is -2.33. The van der Waals surface area contributed by atoms with Crippen molar-refractivity contribution in [3.05, 3.63) is 11.8 Å². The molecular formula is C14H27N5. The molecule has 2 N–H and O–H groups in total. The lowest BCUT2D eigenvalue weighted by atomic mass is 10.1. The molecule has 1 aliphatic heterocycles. The average Bonchev–Trinajstić information content (AvgIpc) is 2.72. The smallest absolute Gasteiger partial charge is 0.126 e. The average molecular weight is 265 g/mol. The van der Waals surface area contributed by atoms with E-state index in [1.807, 2.05) is 10.9 Å². The monoisotopic (exact) mass is 265 g/mol. The molecule has 0 amide bonds. The van der Waals surface area contributed by atoms with Gasteiger partial charge in [-0.25, -0.2) is 4.68 Å². The maximum Gasteiger partial charge on any atom is 0.126 e. The molecule has 108 valence electrons. The molecule has 0 bridgehead atoms. The van der Waals surface area contributed by atoms with Gasteiger partial charge in [-0.15, -0.1) is 0 Å². The number of likely N-dealkylation sites (N-methyl/N-ethyl adjacent to an activating group) is 1. The molecule has 0 saturated carbocycles. The van der Waals surface area contributed by atoms with Crippen LogP contribution in [0.4, 0.5) is 5.82 Å². The fourth-order valence-electron chi connectivity index (χ4n) is 2.55. The van der Waals surface area contributed by atoms with Crippen LogP contribution in [-0.4, -0.2) is 52.3 Å². The molecule has 2 rings (SSSR count). The molecule has 0 spiro atoms. The van der Waals surface area contributed by atoms with Crippen LogP contribution in [-0.2, 0) is 12.1 Å². The molecular weight excluding hydrogens is 238 g/mol. The lowest BCUT2D eigenvalue weighted by Crippen LogP contribution is -2.45. The molecule has 0 atom stereocenters.